The van der Waals surface area contributed by atoms with Gasteiger partial charge in [0.1, 0.15) is 44.5 Å². The number of fused-ring (bicyclic) bond motifs is 18. The maximum absolute atomic E-state index is 6.35. The average molecular weight is 1340 g/mol. The van der Waals surface area contributed by atoms with Gasteiger partial charge in [-0.3, -0.25) is 0 Å². The normalized spacial score (nSPS) is 11.9. The van der Waals surface area contributed by atoms with Crippen LogP contribution in [0.2, 0.25) is 0 Å². The molecule has 8 aromatic heterocycles. The smallest absolute Gasteiger partial charge is 0.246 e. The Morgan fingerprint density at radius 1 is 0.225 bits per heavy atom. The van der Waals surface area contributed by atoms with E-state index in [1.807, 2.05) is 71.5 Å². The summed E-state index contributed by atoms with van der Waals surface area (Å²) in [4.78, 5) is 19.7. The highest BCUT2D eigenvalue weighted by molar-refractivity contribution is 7.26. The second-order valence-electron chi connectivity index (χ2n) is 25.9. The van der Waals surface area contributed by atoms with E-state index in [9.17, 15) is 0 Å². The number of benzene rings is 14. The van der Waals surface area contributed by atoms with Crippen LogP contribution in [0.25, 0.3) is 218 Å². The van der Waals surface area contributed by atoms with Gasteiger partial charge in [0.05, 0.1) is 23.8 Å². The van der Waals surface area contributed by atoms with Crippen molar-refractivity contribution in [2.24, 2.45) is 0 Å². The molecule has 102 heavy (non-hydrogen) atoms. The number of aromatic nitrogens is 4. The van der Waals surface area contributed by atoms with Crippen LogP contribution >= 0.6 is 22.7 Å². The second-order valence-corrected chi connectivity index (χ2v) is 28.0. The molecule has 8 heterocycles. The lowest BCUT2D eigenvalue weighted by Gasteiger charge is -2.07. The van der Waals surface area contributed by atoms with Crippen molar-refractivity contribution in [1.29, 1.82) is 0 Å². The Morgan fingerprint density at radius 2 is 0.588 bits per heavy atom. The van der Waals surface area contributed by atoms with Gasteiger partial charge in [0, 0.05) is 94.9 Å². The van der Waals surface area contributed by atoms with Gasteiger partial charge in [0.15, 0.2) is 0 Å². The summed E-state index contributed by atoms with van der Waals surface area (Å²) in [7, 11) is 0. The van der Waals surface area contributed by atoms with E-state index in [4.69, 9.17) is 37.6 Å². The van der Waals surface area contributed by atoms with Crippen molar-refractivity contribution in [3.05, 3.63) is 316 Å². The van der Waals surface area contributed by atoms with Crippen LogP contribution in [0.15, 0.2) is 333 Å². The van der Waals surface area contributed by atoms with Gasteiger partial charge in [-0.1, -0.05) is 243 Å². The molecule has 0 aliphatic carbocycles. The fourth-order valence-electron chi connectivity index (χ4n) is 15.0. The van der Waals surface area contributed by atoms with Crippen LogP contribution in [0.3, 0.4) is 0 Å². The van der Waals surface area contributed by atoms with Crippen molar-refractivity contribution in [2.45, 2.75) is 0 Å². The van der Waals surface area contributed by atoms with E-state index in [0.717, 1.165) is 149 Å². The predicted octanol–water partition coefficient (Wildman–Crippen LogP) is 26.6. The Kier molecular flexibility index (Phi) is 13.2. The number of thiophene rings is 2. The SMILES string of the molecule is c1cc(-c2ccc3oc4nc(-c5cccc(-c6cccc7c6sc6ccccc67)c5)cnc4c3c2)cc(-c2cccc3c2oc2ccccc23)c1.c1ccc2c(c1)oc1c(-c3ccc(-c4ccc5oc6nc(-c7ccc(-c8cccc9c8sc8ccccc89)cc7)cnc6c5c4)cc3)cccc12. The maximum atomic E-state index is 6.35. The first-order valence-corrected chi connectivity index (χ1v) is 35.6. The van der Waals surface area contributed by atoms with Crippen LogP contribution in [-0.4, -0.2) is 19.9 Å². The van der Waals surface area contributed by atoms with Crippen molar-refractivity contribution < 1.29 is 17.7 Å². The molecule has 0 saturated carbocycles. The zero-order chi connectivity index (χ0) is 66.9. The quantitative estimate of drug-likeness (QED) is 0.148. The first-order chi connectivity index (χ1) is 50.5. The van der Waals surface area contributed by atoms with Crippen molar-refractivity contribution in [3.8, 4) is 89.3 Å². The lowest BCUT2D eigenvalue weighted by Crippen LogP contribution is -1.88. The minimum Gasteiger partial charge on any atom is -0.455 e. The van der Waals surface area contributed by atoms with Crippen molar-refractivity contribution in [1.82, 2.24) is 19.9 Å². The molecule has 22 rings (SSSR count). The molecule has 0 atom stereocenters. The van der Waals surface area contributed by atoms with Crippen molar-refractivity contribution in [2.75, 3.05) is 0 Å². The summed E-state index contributed by atoms with van der Waals surface area (Å²) in [5, 5.41) is 11.6. The van der Waals surface area contributed by atoms with Gasteiger partial charge in [0.2, 0.25) is 11.4 Å². The molecule has 0 saturated heterocycles. The Bertz CT molecular complexity index is 7150. The number of rotatable bonds is 8. The summed E-state index contributed by atoms with van der Waals surface area (Å²) in [6.45, 7) is 0. The summed E-state index contributed by atoms with van der Waals surface area (Å²) in [6, 6.07) is 106. The molecule has 8 nitrogen and oxygen atoms in total. The minimum atomic E-state index is 0.530. The van der Waals surface area contributed by atoms with Crippen LogP contribution in [-0.2, 0) is 0 Å². The number of hydrogen-bond acceptors (Lipinski definition) is 10. The molecule has 0 aliphatic rings. The standard InChI is InChI=1S/2C46H26N2O2S/c1-3-19-40-34(13-1)36-17-7-15-32(44(36)49-40)29-10-5-9-27(23-29)28-21-22-41-38(25-28)43-46(50-41)48-39(26-47-43)31-12-6-11-30(24-31)33-16-8-18-37-35-14-2-4-20-42(35)51-45(33)37;1-3-13-40-34(7-1)36-11-5-9-32(44(36)49-40)28-17-15-27(16-18-28)31-23-24-41-38(25-31)43-46(50-41)48-39(26-47-43)30-21-19-29(20-22-30)33-10-6-12-37-35-8-2-4-14-42(35)51-45(33)37/h2*1-26H. The van der Waals surface area contributed by atoms with Crippen LogP contribution in [0, 0.1) is 0 Å². The lowest BCUT2D eigenvalue weighted by molar-refractivity contribution is 0.653. The molecule has 0 unspecified atom stereocenters. The zero-order valence-corrected chi connectivity index (χ0v) is 55.9. The maximum Gasteiger partial charge on any atom is 0.246 e. The van der Waals surface area contributed by atoms with Gasteiger partial charge in [-0.05, 0) is 116 Å². The van der Waals surface area contributed by atoms with Gasteiger partial charge in [-0.15, -0.1) is 22.7 Å². The molecule has 0 aliphatic heterocycles. The highest BCUT2D eigenvalue weighted by Gasteiger charge is 2.20. The molecule has 14 aromatic carbocycles. The highest BCUT2D eigenvalue weighted by Crippen LogP contribution is 2.45. The molecule has 0 N–H and O–H groups in total. The fraction of sp³-hybridized carbons (Fsp3) is 0. The molecule has 10 heteroatoms. The Morgan fingerprint density at radius 3 is 1.16 bits per heavy atom. The third-order valence-electron chi connectivity index (χ3n) is 20.0. The topological polar surface area (TPSA) is 104 Å². The van der Waals surface area contributed by atoms with Crippen LogP contribution in [0.1, 0.15) is 0 Å². The minimum absolute atomic E-state index is 0.530. The fourth-order valence-corrected chi connectivity index (χ4v) is 17.5. The lowest BCUT2D eigenvalue weighted by atomic mass is 9.97. The summed E-state index contributed by atoms with van der Waals surface area (Å²) in [5.41, 5.74) is 24.8. The molecule has 0 amide bonds. The van der Waals surface area contributed by atoms with E-state index in [-0.39, 0.29) is 0 Å². The van der Waals surface area contributed by atoms with Crippen molar-refractivity contribution in [3.63, 3.8) is 0 Å². The highest BCUT2D eigenvalue weighted by atomic mass is 32.1. The van der Waals surface area contributed by atoms with Gasteiger partial charge in [0.25, 0.3) is 0 Å². The monoisotopic (exact) mass is 1340 g/mol. The number of para-hydroxylation sites is 4. The molecular formula is C92H52N4O4S2. The van der Waals surface area contributed by atoms with E-state index in [2.05, 4.69) is 267 Å². The Balaban J connectivity index is 0.000000133. The molecule has 22 aromatic rings. The second kappa shape index (κ2) is 23.3. The first kappa shape index (κ1) is 57.9. The van der Waals surface area contributed by atoms with E-state index in [1.54, 1.807) is 0 Å². The Hall–Kier alpha value is -13.1. The molecule has 0 fully saturated rings. The van der Waals surface area contributed by atoms with Gasteiger partial charge in [-0.2, -0.15) is 0 Å². The molecular weight excluding hydrogens is 1290 g/mol. The molecule has 0 radical (unpaired) electrons. The van der Waals surface area contributed by atoms with Crippen molar-refractivity contribution >= 4 is 151 Å². The molecule has 476 valence electrons. The summed E-state index contributed by atoms with van der Waals surface area (Å²) in [6.07, 6.45) is 3.71. The summed E-state index contributed by atoms with van der Waals surface area (Å²) >= 11 is 3.69. The number of nitrogens with zero attached hydrogens (tertiary/aromatic N) is 4. The van der Waals surface area contributed by atoms with E-state index >= 15 is 0 Å². The van der Waals surface area contributed by atoms with Gasteiger partial charge in [-0.25, -0.2) is 19.9 Å². The van der Waals surface area contributed by atoms with Gasteiger partial charge >= 0.3 is 0 Å². The first-order valence-electron chi connectivity index (χ1n) is 33.9. The summed E-state index contributed by atoms with van der Waals surface area (Å²) in [5.74, 6) is 0. The van der Waals surface area contributed by atoms with E-state index in [0.29, 0.717) is 11.4 Å². The third-order valence-corrected chi connectivity index (χ3v) is 22.4. The van der Waals surface area contributed by atoms with Crippen LogP contribution in [0.4, 0.5) is 0 Å². The number of furan rings is 4. The van der Waals surface area contributed by atoms with Crippen LogP contribution < -0.4 is 0 Å². The van der Waals surface area contributed by atoms with Gasteiger partial charge < -0.3 is 17.7 Å². The largest absolute Gasteiger partial charge is 0.455 e. The third kappa shape index (κ3) is 9.56. The predicted molar refractivity (Wildman–Crippen MR) is 422 cm³/mol. The summed E-state index contributed by atoms with van der Waals surface area (Å²) < 4.78 is 30.4. The Labute approximate surface area is 589 Å². The molecule has 0 spiro atoms. The zero-order valence-electron chi connectivity index (χ0n) is 54.3. The average Bonchev–Trinajstić information content (AvgIpc) is 1.60. The van der Waals surface area contributed by atoms with E-state index < -0.39 is 0 Å². The van der Waals surface area contributed by atoms with Crippen LogP contribution in [0.5, 0.6) is 0 Å². The molecule has 0 bridgehead atoms. The van der Waals surface area contributed by atoms with E-state index in [1.165, 1.54) is 57.0 Å². The number of hydrogen-bond donors (Lipinski definition) is 0.